The van der Waals surface area contributed by atoms with Crippen LogP contribution in [-0.4, -0.2) is 34.6 Å². The number of carbonyl (C=O) groups is 4. The van der Waals surface area contributed by atoms with Gasteiger partial charge in [-0.05, 0) is 19.3 Å². The molecule has 0 aromatic rings. The largest absolute Gasteiger partial charge is 0.370 e. The fourth-order valence-electron chi connectivity index (χ4n) is 1.99. The summed E-state index contributed by atoms with van der Waals surface area (Å²) in [5, 5.41) is 0. The van der Waals surface area contributed by atoms with E-state index in [0.29, 0.717) is 12.8 Å². The maximum atomic E-state index is 11.7. The van der Waals surface area contributed by atoms with Crippen molar-refractivity contribution in [1.29, 1.82) is 0 Å². The molecule has 100 valence electrons. The minimum Gasteiger partial charge on any atom is -0.370 e. The van der Waals surface area contributed by atoms with Crippen molar-refractivity contribution < 1.29 is 19.2 Å². The average molecular weight is 255 g/mol. The highest BCUT2D eigenvalue weighted by molar-refractivity contribution is 6.01. The lowest BCUT2D eigenvalue weighted by molar-refractivity contribution is -0.154. The first-order valence-electron chi connectivity index (χ1n) is 5.86. The number of nitrogens with two attached hydrogens (primary N) is 2. The Morgan fingerprint density at radius 1 is 1.17 bits per heavy atom. The van der Waals surface area contributed by atoms with Gasteiger partial charge in [0.1, 0.15) is 6.04 Å². The molecule has 1 fully saturated rings. The van der Waals surface area contributed by atoms with Crippen molar-refractivity contribution in [3.63, 3.8) is 0 Å². The Balaban J connectivity index is 2.70. The summed E-state index contributed by atoms with van der Waals surface area (Å²) in [4.78, 5) is 46.2. The summed E-state index contributed by atoms with van der Waals surface area (Å²) >= 11 is 0. The molecule has 18 heavy (non-hydrogen) atoms. The Kier molecular flexibility index (Phi) is 4.82. The third-order valence-electron chi connectivity index (χ3n) is 2.86. The third-order valence-corrected chi connectivity index (χ3v) is 2.86. The number of primary amides is 2. The normalized spacial score (nSPS) is 17.7. The van der Waals surface area contributed by atoms with Crippen molar-refractivity contribution in [1.82, 2.24) is 4.90 Å². The smallest absolute Gasteiger partial charge is 0.240 e. The van der Waals surface area contributed by atoms with Crippen molar-refractivity contribution >= 4 is 23.6 Å². The van der Waals surface area contributed by atoms with Crippen LogP contribution >= 0.6 is 0 Å². The van der Waals surface area contributed by atoms with Gasteiger partial charge in [0.15, 0.2) is 0 Å². The monoisotopic (exact) mass is 255 g/mol. The maximum Gasteiger partial charge on any atom is 0.240 e. The van der Waals surface area contributed by atoms with Gasteiger partial charge in [-0.15, -0.1) is 0 Å². The van der Waals surface area contributed by atoms with Crippen LogP contribution in [0.1, 0.15) is 38.5 Å². The number of likely N-dealkylation sites (tertiary alicyclic amines) is 1. The highest BCUT2D eigenvalue weighted by atomic mass is 16.2. The number of rotatable bonds is 6. The molecule has 0 aliphatic carbocycles. The van der Waals surface area contributed by atoms with Gasteiger partial charge < -0.3 is 11.5 Å². The van der Waals surface area contributed by atoms with Crippen LogP contribution in [0.2, 0.25) is 0 Å². The number of hydrogen-bond acceptors (Lipinski definition) is 4. The Bertz CT molecular complexity index is 364. The first-order chi connectivity index (χ1) is 8.43. The zero-order valence-electron chi connectivity index (χ0n) is 10.1. The van der Waals surface area contributed by atoms with Crippen LogP contribution in [0, 0.1) is 0 Å². The standard InChI is InChI=1S/C11H17N3O4/c12-8(15)4-1-3-7(11(13)18)14-9(16)5-2-6-10(14)17/h7H,1-6H2,(H2,12,15)(H2,13,18). The highest BCUT2D eigenvalue weighted by Gasteiger charge is 2.35. The van der Waals surface area contributed by atoms with E-state index in [4.69, 9.17) is 11.5 Å². The summed E-state index contributed by atoms with van der Waals surface area (Å²) in [5.74, 6) is -1.99. The van der Waals surface area contributed by atoms with Gasteiger partial charge in [0.2, 0.25) is 23.6 Å². The van der Waals surface area contributed by atoms with Crippen molar-refractivity contribution in [2.24, 2.45) is 11.5 Å². The van der Waals surface area contributed by atoms with Gasteiger partial charge in [-0.3, -0.25) is 24.1 Å². The van der Waals surface area contributed by atoms with E-state index in [0.717, 1.165) is 4.90 Å². The van der Waals surface area contributed by atoms with E-state index >= 15 is 0 Å². The molecule has 1 aliphatic heterocycles. The maximum absolute atomic E-state index is 11.7. The van der Waals surface area contributed by atoms with Gasteiger partial charge >= 0.3 is 0 Å². The van der Waals surface area contributed by atoms with Gasteiger partial charge in [0.25, 0.3) is 0 Å². The van der Waals surface area contributed by atoms with E-state index in [1.165, 1.54) is 0 Å². The van der Waals surface area contributed by atoms with Crippen LogP contribution in [-0.2, 0) is 19.2 Å². The van der Waals surface area contributed by atoms with Gasteiger partial charge in [-0.2, -0.15) is 0 Å². The molecule has 1 saturated heterocycles. The van der Waals surface area contributed by atoms with Crippen LogP contribution in [0.5, 0.6) is 0 Å². The molecule has 0 radical (unpaired) electrons. The van der Waals surface area contributed by atoms with Crippen LogP contribution < -0.4 is 11.5 Å². The fraction of sp³-hybridized carbons (Fsp3) is 0.636. The minimum absolute atomic E-state index is 0.0972. The van der Waals surface area contributed by atoms with Crippen LogP contribution in [0.15, 0.2) is 0 Å². The Morgan fingerprint density at radius 3 is 2.17 bits per heavy atom. The summed E-state index contributed by atoms with van der Waals surface area (Å²) in [5.41, 5.74) is 10.2. The zero-order chi connectivity index (χ0) is 13.7. The minimum atomic E-state index is -0.968. The fourth-order valence-corrected chi connectivity index (χ4v) is 1.99. The lowest BCUT2D eigenvalue weighted by atomic mass is 10.0. The molecule has 0 spiro atoms. The first kappa shape index (κ1) is 14.1. The Hall–Kier alpha value is -1.92. The number of imide groups is 1. The zero-order valence-corrected chi connectivity index (χ0v) is 10.1. The predicted molar refractivity (Wildman–Crippen MR) is 61.7 cm³/mol. The second kappa shape index (κ2) is 6.13. The molecular formula is C11H17N3O4. The Morgan fingerprint density at radius 2 is 1.72 bits per heavy atom. The van der Waals surface area contributed by atoms with E-state index in [-0.39, 0.29) is 37.5 Å². The van der Waals surface area contributed by atoms with E-state index in [9.17, 15) is 19.2 Å². The van der Waals surface area contributed by atoms with Gasteiger partial charge in [0, 0.05) is 19.3 Å². The average Bonchev–Trinajstić information content (AvgIpc) is 2.25. The molecule has 0 saturated carbocycles. The lowest BCUT2D eigenvalue weighted by Gasteiger charge is -2.30. The number of nitrogens with zero attached hydrogens (tertiary/aromatic N) is 1. The van der Waals surface area contributed by atoms with Crippen molar-refractivity contribution in [2.45, 2.75) is 44.6 Å². The molecule has 1 rings (SSSR count). The highest BCUT2D eigenvalue weighted by Crippen LogP contribution is 2.18. The molecular weight excluding hydrogens is 238 g/mol. The first-order valence-corrected chi connectivity index (χ1v) is 5.86. The number of hydrogen-bond donors (Lipinski definition) is 2. The number of carbonyl (C=O) groups excluding carboxylic acids is 4. The molecule has 0 bridgehead atoms. The summed E-state index contributed by atoms with van der Waals surface area (Å²) in [6.45, 7) is 0. The molecule has 0 aromatic carbocycles. The summed E-state index contributed by atoms with van der Waals surface area (Å²) < 4.78 is 0. The van der Waals surface area contributed by atoms with Crippen LogP contribution in [0.25, 0.3) is 0 Å². The molecule has 7 heteroatoms. The molecule has 4 N–H and O–H groups in total. The number of amides is 4. The SMILES string of the molecule is NC(=O)CCCC(C(N)=O)N1C(=O)CCCC1=O. The predicted octanol–water partition coefficient (Wildman–Crippen LogP) is -0.965. The molecule has 0 aromatic heterocycles. The van der Waals surface area contributed by atoms with Crippen molar-refractivity contribution in [3.05, 3.63) is 0 Å². The van der Waals surface area contributed by atoms with Crippen LogP contribution in [0.4, 0.5) is 0 Å². The van der Waals surface area contributed by atoms with Crippen LogP contribution in [0.3, 0.4) is 0 Å². The third kappa shape index (κ3) is 3.54. The van der Waals surface area contributed by atoms with E-state index in [1.54, 1.807) is 0 Å². The second-order valence-corrected chi connectivity index (χ2v) is 4.29. The number of piperidine rings is 1. The Labute approximate surface area is 104 Å². The second-order valence-electron chi connectivity index (χ2n) is 4.29. The topological polar surface area (TPSA) is 124 Å². The van der Waals surface area contributed by atoms with Crippen molar-refractivity contribution in [2.75, 3.05) is 0 Å². The summed E-state index contributed by atoms with van der Waals surface area (Å²) in [6.07, 6.45) is 1.58. The van der Waals surface area contributed by atoms with E-state index in [2.05, 4.69) is 0 Å². The van der Waals surface area contributed by atoms with E-state index < -0.39 is 17.9 Å². The van der Waals surface area contributed by atoms with Gasteiger partial charge in [-0.25, -0.2) is 0 Å². The summed E-state index contributed by atoms with van der Waals surface area (Å²) in [7, 11) is 0. The van der Waals surface area contributed by atoms with E-state index in [1.807, 2.05) is 0 Å². The molecule has 1 aliphatic rings. The van der Waals surface area contributed by atoms with Crippen molar-refractivity contribution in [3.8, 4) is 0 Å². The lowest BCUT2D eigenvalue weighted by Crippen LogP contribution is -2.52. The van der Waals surface area contributed by atoms with Gasteiger partial charge in [0.05, 0.1) is 0 Å². The molecule has 4 amide bonds. The molecule has 1 heterocycles. The summed E-state index contributed by atoms with van der Waals surface area (Å²) in [6, 6.07) is -0.968. The molecule has 1 unspecified atom stereocenters. The van der Waals surface area contributed by atoms with Gasteiger partial charge in [-0.1, -0.05) is 0 Å². The molecule has 1 atom stereocenters. The molecule has 7 nitrogen and oxygen atoms in total. The quantitative estimate of drug-likeness (QED) is 0.593.